The minimum absolute atomic E-state index is 0.169. The van der Waals surface area contributed by atoms with Crippen molar-refractivity contribution < 1.29 is 4.79 Å². The molecule has 22 heavy (non-hydrogen) atoms. The van der Waals surface area contributed by atoms with E-state index in [0.717, 1.165) is 24.0 Å². The Morgan fingerprint density at radius 3 is 1.45 bits per heavy atom. The molecule has 0 amide bonds. The Morgan fingerprint density at radius 1 is 0.682 bits per heavy atom. The molecule has 0 saturated heterocycles. The normalized spacial score (nSPS) is 19.9. The first-order valence-corrected chi connectivity index (χ1v) is 7.46. The SMILES string of the molecule is CN(C)C=CC=CC=C1CCC(=CC=CC=CN(C)C)C1=O. The second kappa shape index (κ2) is 9.61. The van der Waals surface area contributed by atoms with E-state index >= 15 is 0 Å². The summed E-state index contributed by atoms with van der Waals surface area (Å²) in [6, 6.07) is 0. The maximum absolute atomic E-state index is 12.2. The Bertz CT molecular complexity index is 496. The van der Waals surface area contributed by atoms with Crippen LogP contribution in [0.25, 0.3) is 0 Å². The molecule has 0 bridgehead atoms. The van der Waals surface area contributed by atoms with Gasteiger partial charge in [-0.15, -0.1) is 0 Å². The van der Waals surface area contributed by atoms with E-state index in [1.165, 1.54) is 0 Å². The topological polar surface area (TPSA) is 23.6 Å². The minimum atomic E-state index is 0.169. The molecule has 1 saturated carbocycles. The first-order chi connectivity index (χ1) is 10.5. The molecule has 3 heteroatoms. The molecule has 0 N–H and O–H groups in total. The van der Waals surface area contributed by atoms with Gasteiger partial charge in [0, 0.05) is 39.3 Å². The largest absolute Gasteiger partial charge is 0.383 e. The van der Waals surface area contributed by atoms with Gasteiger partial charge in [0.15, 0.2) is 5.78 Å². The molecule has 0 atom stereocenters. The van der Waals surface area contributed by atoms with Gasteiger partial charge in [0.05, 0.1) is 0 Å². The van der Waals surface area contributed by atoms with Crippen LogP contribution >= 0.6 is 0 Å². The lowest BCUT2D eigenvalue weighted by Gasteiger charge is -2.00. The molecule has 3 nitrogen and oxygen atoms in total. The number of carbonyl (C=O) groups is 1. The fourth-order valence-electron chi connectivity index (χ4n) is 1.94. The summed E-state index contributed by atoms with van der Waals surface area (Å²) in [6.07, 6.45) is 21.0. The third kappa shape index (κ3) is 6.93. The average Bonchev–Trinajstić information content (AvgIpc) is 2.79. The molecular weight excluding hydrogens is 272 g/mol. The number of rotatable bonds is 6. The van der Waals surface area contributed by atoms with E-state index < -0.39 is 0 Å². The molecule has 0 radical (unpaired) electrons. The molecule has 0 aromatic heterocycles. The van der Waals surface area contributed by atoms with E-state index in [1.807, 2.05) is 99.0 Å². The predicted octanol–water partition coefficient (Wildman–Crippen LogP) is 3.47. The number of Topliss-reactive ketones (excluding diaryl/α,β-unsaturated/α-hetero) is 1. The Morgan fingerprint density at radius 2 is 1.09 bits per heavy atom. The molecular formula is C19H26N2O. The second-order valence-electron chi connectivity index (χ2n) is 5.59. The quantitative estimate of drug-likeness (QED) is 0.554. The summed E-state index contributed by atoms with van der Waals surface area (Å²) in [5.41, 5.74) is 1.77. The molecule has 1 aliphatic carbocycles. The lowest BCUT2D eigenvalue weighted by atomic mass is 10.1. The Labute approximate surface area is 134 Å². The van der Waals surface area contributed by atoms with Gasteiger partial charge in [-0.25, -0.2) is 0 Å². The zero-order chi connectivity index (χ0) is 16.4. The van der Waals surface area contributed by atoms with Gasteiger partial charge in [0.1, 0.15) is 0 Å². The van der Waals surface area contributed by atoms with E-state index in [9.17, 15) is 4.79 Å². The fourth-order valence-corrected chi connectivity index (χ4v) is 1.94. The molecule has 0 aromatic carbocycles. The molecule has 118 valence electrons. The maximum Gasteiger partial charge on any atom is 0.185 e. The van der Waals surface area contributed by atoms with Crippen LogP contribution in [0.3, 0.4) is 0 Å². The Hall–Kier alpha value is -2.29. The van der Waals surface area contributed by atoms with Crippen LogP contribution in [-0.4, -0.2) is 43.8 Å². The van der Waals surface area contributed by atoms with Gasteiger partial charge in [0.2, 0.25) is 0 Å². The van der Waals surface area contributed by atoms with E-state index in [-0.39, 0.29) is 5.78 Å². The van der Waals surface area contributed by atoms with Crippen LogP contribution in [0.2, 0.25) is 0 Å². The Balaban J connectivity index is 2.58. The smallest absolute Gasteiger partial charge is 0.185 e. The number of hydrogen-bond acceptors (Lipinski definition) is 3. The number of carbonyl (C=O) groups excluding carboxylic acids is 1. The maximum atomic E-state index is 12.2. The number of allylic oxidation sites excluding steroid dienone is 10. The number of hydrogen-bond donors (Lipinski definition) is 0. The summed E-state index contributed by atoms with van der Waals surface area (Å²) in [5, 5.41) is 0. The highest BCUT2D eigenvalue weighted by molar-refractivity contribution is 6.11. The van der Waals surface area contributed by atoms with Gasteiger partial charge >= 0.3 is 0 Å². The van der Waals surface area contributed by atoms with Crippen molar-refractivity contribution in [2.24, 2.45) is 0 Å². The van der Waals surface area contributed by atoms with E-state index in [2.05, 4.69) is 0 Å². The molecule has 0 heterocycles. The zero-order valence-corrected chi connectivity index (χ0v) is 14.0. The van der Waals surface area contributed by atoms with E-state index in [4.69, 9.17) is 0 Å². The van der Waals surface area contributed by atoms with Crippen LogP contribution < -0.4 is 0 Å². The van der Waals surface area contributed by atoms with Crippen molar-refractivity contribution >= 4 is 5.78 Å². The monoisotopic (exact) mass is 298 g/mol. The highest BCUT2D eigenvalue weighted by Crippen LogP contribution is 2.26. The van der Waals surface area contributed by atoms with Crippen LogP contribution in [0, 0.1) is 0 Å². The lowest BCUT2D eigenvalue weighted by Crippen LogP contribution is -1.99. The first kappa shape index (κ1) is 17.8. The summed E-state index contributed by atoms with van der Waals surface area (Å²) in [4.78, 5) is 16.1. The average molecular weight is 298 g/mol. The molecule has 1 rings (SSSR count). The van der Waals surface area contributed by atoms with Crippen molar-refractivity contribution in [3.05, 3.63) is 72.2 Å². The van der Waals surface area contributed by atoms with E-state index in [1.54, 1.807) is 0 Å². The van der Waals surface area contributed by atoms with Gasteiger partial charge in [-0.05, 0) is 37.4 Å². The van der Waals surface area contributed by atoms with Gasteiger partial charge in [-0.2, -0.15) is 0 Å². The van der Waals surface area contributed by atoms with Crippen LogP contribution in [0.4, 0.5) is 0 Å². The third-order valence-corrected chi connectivity index (χ3v) is 3.05. The third-order valence-electron chi connectivity index (χ3n) is 3.05. The van der Waals surface area contributed by atoms with Crippen LogP contribution in [0.5, 0.6) is 0 Å². The molecule has 0 aliphatic heterocycles. The highest BCUT2D eigenvalue weighted by Gasteiger charge is 2.21. The van der Waals surface area contributed by atoms with Crippen molar-refractivity contribution in [1.29, 1.82) is 0 Å². The molecule has 0 unspecified atom stereocenters. The highest BCUT2D eigenvalue weighted by atomic mass is 16.1. The fraction of sp³-hybridized carbons (Fsp3) is 0.316. The molecule has 1 fully saturated rings. The number of ketones is 1. The number of nitrogens with zero attached hydrogens (tertiary/aromatic N) is 2. The van der Waals surface area contributed by atoms with Gasteiger partial charge in [0.25, 0.3) is 0 Å². The lowest BCUT2D eigenvalue weighted by molar-refractivity contribution is -0.111. The van der Waals surface area contributed by atoms with Crippen molar-refractivity contribution in [1.82, 2.24) is 9.80 Å². The Kier molecular flexibility index (Phi) is 7.76. The van der Waals surface area contributed by atoms with Crippen LogP contribution in [0.15, 0.2) is 72.2 Å². The van der Waals surface area contributed by atoms with Crippen molar-refractivity contribution in [3.8, 4) is 0 Å². The summed E-state index contributed by atoms with van der Waals surface area (Å²) in [7, 11) is 7.90. The molecule has 0 aromatic rings. The minimum Gasteiger partial charge on any atom is -0.383 e. The van der Waals surface area contributed by atoms with E-state index in [0.29, 0.717) is 0 Å². The van der Waals surface area contributed by atoms with Crippen LogP contribution in [-0.2, 0) is 4.79 Å². The predicted molar refractivity (Wildman–Crippen MR) is 94.3 cm³/mol. The molecule has 1 aliphatic rings. The zero-order valence-electron chi connectivity index (χ0n) is 14.0. The summed E-state index contributed by atoms with van der Waals surface area (Å²) in [5.74, 6) is 0.169. The summed E-state index contributed by atoms with van der Waals surface area (Å²) in [6.45, 7) is 0. The summed E-state index contributed by atoms with van der Waals surface area (Å²) < 4.78 is 0. The van der Waals surface area contributed by atoms with Crippen molar-refractivity contribution in [3.63, 3.8) is 0 Å². The van der Waals surface area contributed by atoms with Crippen molar-refractivity contribution in [2.75, 3.05) is 28.2 Å². The molecule has 0 spiro atoms. The van der Waals surface area contributed by atoms with Gasteiger partial charge < -0.3 is 9.80 Å². The second-order valence-corrected chi connectivity index (χ2v) is 5.59. The van der Waals surface area contributed by atoms with Crippen molar-refractivity contribution in [2.45, 2.75) is 12.8 Å². The first-order valence-electron chi connectivity index (χ1n) is 7.46. The standard InChI is InChI=1S/C19H26N2O/c1-20(2)15-9-5-7-11-17-13-14-18(19(17)22)12-8-6-10-16-21(3)4/h5-12,15-16H,13-14H2,1-4H3. The van der Waals surface area contributed by atoms with Gasteiger partial charge in [-0.1, -0.05) is 36.5 Å². The van der Waals surface area contributed by atoms with Crippen LogP contribution in [0.1, 0.15) is 12.8 Å². The van der Waals surface area contributed by atoms with Gasteiger partial charge in [-0.3, -0.25) is 4.79 Å². The summed E-state index contributed by atoms with van der Waals surface area (Å²) >= 11 is 0.